The van der Waals surface area contributed by atoms with E-state index < -0.39 is 10.0 Å². The second kappa shape index (κ2) is 8.37. The number of carbonyl (C=O) groups excluding carboxylic acids is 1. The SMILES string of the molecule is CCS(=O)(=O)N1CCC(C(=O)N(Cc2ccco2)Cc2cccs2)CC1. The molecule has 1 fully saturated rings. The lowest BCUT2D eigenvalue weighted by molar-refractivity contribution is -0.138. The van der Waals surface area contributed by atoms with Crippen LogP contribution in [0, 0.1) is 5.92 Å². The van der Waals surface area contributed by atoms with Gasteiger partial charge in [0.15, 0.2) is 0 Å². The van der Waals surface area contributed by atoms with Crippen LogP contribution in [0.25, 0.3) is 0 Å². The van der Waals surface area contributed by atoms with Gasteiger partial charge in [0.2, 0.25) is 15.9 Å². The summed E-state index contributed by atoms with van der Waals surface area (Å²) in [5, 5.41) is 2.00. The van der Waals surface area contributed by atoms with E-state index in [1.165, 1.54) is 4.31 Å². The molecule has 2 aromatic rings. The van der Waals surface area contributed by atoms with E-state index in [0.29, 0.717) is 39.0 Å². The largest absolute Gasteiger partial charge is 0.467 e. The normalized spacial score (nSPS) is 16.7. The minimum absolute atomic E-state index is 0.0725. The fourth-order valence-electron chi connectivity index (χ4n) is 3.21. The van der Waals surface area contributed by atoms with Crippen molar-refractivity contribution in [2.24, 2.45) is 5.92 Å². The van der Waals surface area contributed by atoms with Crippen molar-refractivity contribution in [3.8, 4) is 0 Å². The molecule has 1 aliphatic heterocycles. The number of hydrogen-bond donors (Lipinski definition) is 0. The van der Waals surface area contributed by atoms with Gasteiger partial charge in [-0.3, -0.25) is 4.79 Å². The standard InChI is InChI=1S/C18H24N2O4S2/c1-2-26(22,23)20-9-7-15(8-10-20)18(21)19(13-16-5-3-11-24-16)14-17-6-4-12-25-17/h3-6,11-12,15H,2,7-10,13-14H2,1H3. The minimum Gasteiger partial charge on any atom is -0.467 e. The van der Waals surface area contributed by atoms with Crippen LogP contribution in [0.4, 0.5) is 0 Å². The number of furan rings is 1. The fraction of sp³-hybridized carbons (Fsp3) is 0.500. The van der Waals surface area contributed by atoms with Crippen LogP contribution in [0.15, 0.2) is 40.3 Å². The molecule has 3 rings (SSSR count). The Kier molecular flexibility index (Phi) is 6.16. The lowest BCUT2D eigenvalue weighted by Crippen LogP contribution is -2.44. The molecule has 1 saturated heterocycles. The number of sulfonamides is 1. The van der Waals surface area contributed by atoms with Gasteiger partial charge in [-0.15, -0.1) is 11.3 Å². The van der Waals surface area contributed by atoms with E-state index in [1.54, 1.807) is 24.5 Å². The minimum atomic E-state index is -3.18. The fourth-order valence-corrected chi connectivity index (χ4v) is 5.07. The molecule has 3 heterocycles. The molecule has 0 spiro atoms. The molecule has 0 radical (unpaired) electrons. The highest BCUT2D eigenvalue weighted by atomic mass is 32.2. The lowest BCUT2D eigenvalue weighted by atomic mass is 9.96. The van der Waals surface area contributed by atoms with Crippen molar-refractivity contribution in [2.75, 3.05) is 18.8 Å². The summed E-state index contributed by atoms with van der Waals surface area (Å²) in [5.41, 5.74) is 0. The van der Waals surface area contributed by atoms with Crippen LogP contribution in [0.5, 0.6) is 0 Å². The number of hydrogen-bond acceptors (Lipinski definition) is 5. The van der Waals surface area contributed by atoms with E-state index >= 15 is 0 Å². The molecule has 0 aliphatic carbocycles. The Hall–Kier alpha value is -1.64. The molecule has 142 valence electrons. The average molecular weight is 397 g/mol. The van der Waals surface area contributed by atoms with Crippen molar-refractivity contribution in [1.29, 1.82) is 0 Å². The Morgan fingerprint density at radius 2 is 2.04 bits per heavy atom. The third-order valence-corrected chi connectivity index (χ3v) is 7.47. The zero-order valence-electron chi connectivity index (χ0n) is 14.8. The molecular weight excluding hydrogens is 372 g/mol. The van der Waals surface area contributed by atoms with E-state index in [9.17, 15) is 13.2 Å². The van der Waals surface area contributed by atoms with Crippen LogP contribution < -0.4 is 0 Å². The van der Waals surface area contributed by atoms with Crippen LogP contribution in [0.3, 0.4) is 0 Å². The van der Waals surface area contributed by atoms with Crippen molar-refractivity contribution in [1.82, 2.24) is 9.21 Å². The molecule has 1 aliphatic rings. The quantitative estimate of drug-likeness (QED) is 0.721. The predicted molar refractivity (Wildman–Crippen MR) is 101 cm³/mol. The molecule has 0 saturated carbocycles. The summed E-state index contributed by atoms with van der Waals surface area (Å²) in [6.45, 7) is 3.46. The third kappa shape index (κ3) is 4.55. The summed E-state index contributed by atoms with van der Waals surface area (Å²) >= 11 is 1.62. The smallest absolute Gasteiger partial charge is 0.226 e. The maximum atomic E-state index is 13.1. The van der Waals surface area contributed by atoms with Gasteiger partial charge in [-0.05, 0) is 43.3 Å². The van der Waals surface area contributed by atoms with Gasteiger partial charge in [-0.1, -0.05) is 6.07 Å². The highest BCUT2D eigenvalue weighted by Gasteiger charge is 2.32. The van der Waals surface area contributed by atoms with Gasteiger partial charge in [0.25, 0.3) is 0 Å². The predicted octanol–water partition coefficient (Wildman–Crippen LogP) is 2.93. The number of rotatable bonds is 7. The van der Waals surface area contributed by atoms with Crippen molar-refractivity contribution in [3.63, 3.8) is 0 Å². The zero-order valence-corrected chi connectivity index (χ0v) is 16.5. The number of amides is 1. The molecule has 0 bridgehead atoms. The molecule has 0 atom stereocenters. The number of nitrogens with zero attached hydrogens (tertiary/aromatic N) is 2. The lowest BCUT2D eigenvalue weighted by Gasteiger charge is -2.33. The third-order valence-electron chi connectivity index (χ3n) is 4.73. The summed E-state index contributed by atoms with van der Waals surface area (Å²) in [5.74, 6) is 0.784. The molecule has 0 unspecified atom stereocenters. The first-order chi connectivity index (χ1) is 12.5. The first-order valence-corrected chi connectivity index (χ1v) is 11.3. The summed E-state index contributed by atoms with van der Waals surface area (Å²) < 4.78 is 30.9. The van der Waals surface area contributed by atoms with Crippen LogP contribution in [0.2, 0.25) is 0 Å². The van der Waals surface area contributed by atoms with Crippen molar-refractivity contribution in [2.45, 2.75) is 32.9 Å². The highest BCUT2D eigenvalue weighted by molar-refractivity contribution is 7.89. The molecule has 26 heavy (non-hydrogen) atoms. The van der Waals surface area contributed by atoms with E-state index in [0.717, 1.165) is 10.6 Å². The maximum absolute atomic E-state index is 13.1. The molecule has 0 aromatic carbocycles. The van der Waals surface area contributed by atoms with E-state index in [4.69, 9.17) is 4.42 Å². The highest BCUT2D eigenvalue weighted by Crippen LogP contribution is 2.24. The van der Waals surface area contributed by atoms with E-state index in [1.807, 2.05) is 34.5 Å². The summed E-state index contributed by atoms with van der Waals surface area (Å²) in [6, 6.07) is 7.68. The number of thiophene rings is 1. The van der Waals surface area contributed by atoms with Gasteiger partial charge in [0.05, 0.1) is 25.1 Å². The zero-order chi connectivity index (χ0) is 18.6. The Balaban J connectivity index is 1.67. The van der Waals surface area contributed by atoms with Gasteiger partial charge in [0, 0.05) is 23.9 Å². The topological polar surface area (TPSA) is 70.8 Å². The second-order valence-electron chi connectivity index (χ2n) is 6.43. The first kappa shape index (κ1) is 19.1. The van der Waals surface area contributed by atoms with Gasteiger partial charge in [-0.25, -0.2) is 12.7 Å². The second-order valence-corrected chi connectivity index (χ2v) is 9.72. The van der Waals surface area contributed by atoms with Gasteiger partial charge < -0.3 is 9.32 Å². The Bertz CT molecular complexity index is 756. The molecule has 6 nitrogen and oxygen atoms in total. The van der Waals surface area contributed by atoms with Crippen LogP contribution in [-0.4, -0.2) is 42.4 Å². The van der Waals surface area contributed by atoms with Crippen LogP contribution >= 0.6 is 11.3 Å². The van der Waals surface area contributed by atoms with Crippen molar-refractivity contribution < 1.29 is 17.6 Å². The van der Waals surface area contributed by atoms with Gasteiger partial charge in [-0.2, -0.15) is 0 Å². The summed E-state index contributed by atoms with van der Waals surface area (Å²) in [7, 11) is -3.18. The number of carbonyl (C=O) groups is 1. The van der Waals surface area contributed by atoms with Gasteiger partial charge >= 0.3 is 0 Å². The molecule has 8 heteroatoms. The van der Waals surface area contributed by atoms with Crippen LogP contribution in [0.1, 0.15) is 30.4 Å². The van der Waals surface area contributed by atoms with E-state index in [-0.39, 0.29) is 17.6 Å². The monoisotopic (exact) mass is 396 g/mol. The van der Waals surface area contributed by atoms with Crippen molar-refractivity contribution in [3.05, 3.63) is 46.5 Å². The summed E-state index contributed by atoms with van der Waals surface area (Å²) in [4.78, 5) is 16.0. The van der Waals surface area contributed by atoms with Crippen LogP contribution in [-0.2, 0) is 27.9 Å². The molecule has 1 amide bonds. The Morgan fingerprint density at radius 1 is 1.27 bits per heavy atom. The Labute approximate surface area is 158 Å². The molecule has 2 aromatic heterocycles. The van der Waals surface area contributed by atoms with E-state index in [2.05, 4.69) is 0 Å². The molecular formula is C18H24N2O4S2. The average Bonchev–Trinajstić information content (AvgIpc) is 3.35. The Morgan fingerprint density at radius 3 is 2.62 bits per heavy atom. The maximum Gasteiger partial charge on any atom is 0.226 e. The van der Waals surface area contributed by atoms with Gasteiger partial charge in [0.1, 0.15) is 5.76 Å². The number of piperidine rings is 1. The first-order valence-electron chi connectivity index (χ1n) is 8.81. The van der Waals surface area contributed by atoms with Crippen molar-refractivity contribution >= 4 is 27.3 Å². The summed E-state index contributed by atoms with van der Waals surface area (Å²) in [6.07, 6.45) is 2.74. The molecule has 0 N–H and O–H groups in total.